The lowest BCUT2D eigenvalue weighted by atomic mass is 10.0. The van der Waals surface area contributed by atoms with Gasteiger partial charge in [0.25, 0.3) is 5.91 Å². The number of pyridine rings is 1. The maximum atomic E-state index is 12.0. The first kappa shape index (κ1) is 12.1. The van der Waals surface area contributed by atoms with E-state index in [0.29, 0.717) is 18.8 Å². The molecule has 3 N–H and O–H groups in total. The molecule has 6 heteroatoms. The van der Waals surface area contributed by atoms with E-state index in [1.54, 1.807) is 0 Å². The summed E-state index contributed by atoms with van der Waals surface area (Å²) in [5, 5.41) is 3.20. The van der Waals surface area contributed by atoms with E-state index in [4.69, 9.17) is 22.1 Å². The fourth-order valence-electron chi connectivity index (χ4n) is 1.68. The number of nitrogen functional groups attached to an aromatic ring is 1. The van der Waals surface area contributed by atoms with Gasteiger partial charge in [0.1, 0.15) is 5.82 Å². The summed E-state index contributed by atoms with van der Waals surface area (Å²) in [6.45, 7) is 3.14. The molecule has 1 aromatic rings. The van der Waals surface area contributed by atoms with Gasteiger partial charge >= 0.3 is 0 Å². The van der Waals surface area contributed by atoms with Crippen molar-refractivity contribution < 1.29 is 9.53 Å². The lowest BCUT2D eigenvalue weighted by molar-refractivity contribution is 0.0889. The van der Waals surface area contributed by atoms with Crippen LogP contribution >= 0.6 is 11.6 Å². The maximum Gasteiger partial charge on any atom is 0.253 e. The number of anilines is 1. The Morgan fingerprint density at radius 2 is 2.47 bits per heavy atom. The number of ether oxygens (including phenoxy) is 1. The average Bonchev–Trinajstić information content (AvgIpc) is 2.69. The summed E-state index contributed by atoms with van der Waals surface area (Å²) in [6.07, 6.45) is 2.21. The number of nitrogens with one attached hydrogen (secondary N) is 1. The minimum atomic E-state index is -0.315. The van der Waals surface area contributed by atoms with Crippen LogP contribution in [0.5, 0.6) is 0 Å². The van der Waals surface area contributed by atoms with Crippen LogP contribution in [0.1, 0.15) is 23.7 Å². The van der Waals surface area contributed by atoms with Crippen LogP contribution in [0.2, 0.25) is 5.02 Å². The predicted molar refractivity (Wildman–Crippen MR) is 65.0 cm³/mol. The summed E-state index contributed by atoms with van der Waals surface area (Å²) >= 11 is 5.82. The molecular weight excluding hydrogens is 242 g/mol. The first-order chi connectivity index (χ1) is 8.00. The molecule has 0 aromatic carbocycles. The van der Waals surface area contributed by atoms with E-state index in [1.807, 2.05) is 6.92 Å². The Morgan fingerprint density at radius 1 is 1.71 bits per heavy atom. The SMILES string of the molecule is CC1(NC(=O)c2cnc(N)c(Cl)c2)CCOC1. The minimum Gasteiger partial charge on any atom is -0.382 e. The van der Waals surface area contributed by atoms with Crippen molar-refractivity contribution >= 4 is 23.3 Å². The third kappa shape index (κ3) is 2.68. The van der Waals surface area contributed by atoms with Gasteiger partial charge in [-0.15, -0.1) is 0 Å². The molecule has 17 heavy (non-hydrogen) atoms. The highest BCUT2D eigenvalue weighted by atomic mass is 35.5. The number of hydrogen-bond donors (Lipinski definition) is 2. The van der Waals surface area contributed by atoms with E-state index in [1.165, 1.54) is 12.3 Å². The van der Waals surface area contributed by atoms with E-state index in [-0.39, 0.29) is 22.3 Å². The van der Waals surface area contributed by atoms with Gasteiger partial charge in [-0.2, -0.15) is 0 Å². The molecule has 1 aromatic heterocycles. The van der Waals surface area contributed by atoms with Crippen molar-refractivity contribution in [1.82, 2.24) is 10.3 Å². The van der Waals surface area contributed by atoms with Gasteiger partial charge in [-0.3, -0.25) is 4.79 Å². The molecule has 92 valence electrons. The van der Waals surface area contributed by atoms with Crippen molar-refractivity contribution in [3.05, 3.63) is 22.8 Å². The number of carbonyl (C=O) groups excluding carboxylic acids is 1. The molecule has 2 rings (SSSR count). The summed E-state index contributed by atoms with van der Waals surface area (Å²) in [4.78, 5) is 15.8. The highest BCUT2D eigenvalue weighted by Gasteiger charge is 2.31. The summed E-state index contributed by atoms with van der Waals surface area (Å²) < 4.78 is 5.26. The highest BCUT2D eigenvalue weighted by molar-refractivity contribution is 6.33. The van der Waals surface area contributed by atoms with Crippen molar-refractivity contribution in [2.24, 2.45) is 0 Å². The molecule has 2 heterocycles. The number of carbonyl (C=O) groups is 1. The van der Waals surface area contributed by atoms with Gasteiger partial charge in [-0.1, -0.05) is 11.6 Å². The van der Waals surface area contributed by atoms with E-state index in [2.05, 4.69) is 10.3 Å². The van der Waals surface area contributed by atoms with Crippen molar-refractivity contribution in [2.75, 3.05) is 18.9 Å². The van der Waals surface area contributed by atoms with Crippen molar-refractivity contribution in [3.8, 4) is 0 Å². The molecule has 0 spiro atoms. The summed E-state index contributed by atoms with van der Waals surface area (Å²) in [6, 6.07) is 1.51. The molecule has 0 radical (unpaired) electrons. The molecule has 1 aliphatic heterocycles. The van der Waals surface area contributed by atoms with Crippen LogP contribution < -0.4 is 11.1 Å². The molecule has 0 saturated carbocycles. The second kappa shape index (κ2) is 4.50. The summed E-state index contributed by atoms with van der Waals surface area (Å²) in [7, 11) is 0. The molecule has 5 nitrogen and oxygen atoms in total. The number of nitrogens with two attached hydrogens (primary N) is 1. The van der Waals surface area contributed by atoms with E-state index in [0.717, 1.165) is 6.42 Å². The lowest BCUT2D eigenvalue weighted by Crippen LogP contribution is -2.46. The highest BCUT2D eigenvalue weighted by Crippen LogP contribution is 2.20. The molecular formula is C11H14ClN3O2. The summed E-state index contributed by atoms with van der Waals surface area (Å²) in [5.41, 5.74) is 5.57. The zero-order chi connectivity index (χ0) is 12.5. The number of amides is 1. The molecule has 1 unspecified atom stereocenters. The quantitative estimate of drug-likeness (QED) is 0.833. The molecule has 0 bridgehead atoms. The number of rotatable bonds is 2. The molecule has 0 aliphatic carbocycles. The first-order valence-corrected chi connectivity index (χ1v) is 5.69. The Labute approximate surface area is 104 Å². The third-order valence-corrected chi connectivity index (χ3v) is 3.07. The normalized spacial score (nSPS) is 23.6. The third-order valence-electron chi connectivity index (χ3n) is 2.77. The second-order valence-electron chi connectivity index (χ2n) is 4.41. The molecule has 1 saturated heterocycles. The Morgan fingerprint density at radius 3 is 3.06 bits per heavy atom. The Balaban J connectivity index is 2.11. The number of hydrogen-bond acceptors (Lipinski definition) is 4. The van der Waals surface area contributed by atoms with Crippen molar-refractivity contribution in [2.45, 2.75) is 18.9 Å². The van der Waals surface area contributed by atoms with Gasteiger partial charge in [0, 0.05) is 12.8 Å². The van der Waals surface area contributed by atoms with Crippen LogP contribution in [0.3, 0.4) is 0 Å². The number of nitrogens with zero attached hydrogens (tertiary/aromatic N) is 1. The zero-order valence-electron chi connectivity index (χ0n) is 9.50. The average molecular weight is 256 g/mol. The van der Waals surface area contributed by atoms with Gasteiger partial charge in [0.2, 0.25) is 0 Å². The van der Waals surface area contributed by atoms with E-state index < -0.39 is 0 Å². The topological polar surface area (TPSA) is 77.2 Å². The maximum absolute atomic E-state index is 12.0. The molecule has 1 aliphatic rings. The fourth-order valence-corrected chi connectivity index (χ4v) is 1.85. The fraction of sp³-hybridized carbons (Fsp3) is 0.455. The number of halogens is 1. The standard InChI is InChI=1S/C11H14ClN3O2/c1-11(2-3-17-6-11)15-10(16)7-4-8(12)9(13)14-5-7/h4-5H,2-3,6H2,1H3,(H2,13,14)(H,15,16). The summed E-state index contributed by atoms with van der Waals surface area (Å²) in [5.74, 6) is 0.00558. The molecule has 1 fully saturated rings. The number of aromatic nitrogens is 1. The monoisotopic (exact) mass is 255 g/mol. The van der Waals surface area contributed by atoms with Crippen LogP contribution in [-0.2, 0) is 4.74 Å². The molecule has 1 amide bonds. The lowest BCUT2D eigenvalue weighted by Gasteiger charge is -2.23. The van der Waals surface area contributed by atoms with Crippen LogP contribution in [0, 0.1) is 0 Å². The van der Waals surface area contributed by atoms with E-state index in [9.17, 15) is 4.79 Å². The van der Waals surface area contributed by atoms with Gasteiger partial charge in [0.15, 0.2) is 0 Å². The van der Waals surface area contributed by atoms with Crippen molar-refractivity contribution in [3.63, 3.8) is 0 Å². The largest absolute Gasteiger partial charge is 0.382 e. The van der Waals surface area contributed by atoms with E-state index >= 15 is 0 Å². The predicted octanol–water partition coefficient (Wildman–Crippen LogP) is 1.23. The van der Waals surface area contributed by atoms with Crippen LogP contribution in [0.4, 0.5) is 5.82 Å². The Bertz CT molecular complexity index is 444. The van der Waals surface area contributed by atoms with Gasteiger partial charge in [-0.05, 0) is 19.4 Å². The second-order valence-corrected chi connectivity index (χ2v) is 4.82. The Hall–Kier alpha value is -1.33. The molecule has 1 atom stereocenters. The van der Waals surface area contributed by atoms with Crippen LogP contribution in [0.25, 0.3) is 0 Å². The van der Waals surface area contributed by atoms with Crippen LogP contribution in [0.15, 0.2) is 12.3 Å². The zero-order valence-corrected chi connectivity index (χ0v) is 10.3. The van der Waals surface area contributed by atoms with Crippen LogP contribution in [-0.4, -0.2) is 29.6 Å². The van der Waals surface area contributed by atoms with Crippen molar-refractivity contribution in [1.29, 1.82) is 0 Å². The smallest absolute Gasteiger partial charge is 0.253 e. The van der Waals surface area contributed by atoms with Gasteiger partial charge < -0.3 is 15.8 Å². The van der Waals surface area contributed by atoms with Gasteiger partial charge in [-0.25, -0.2) is 4.98 Å². The first-order valence-electron chi connectivity index (χ1n) is 5.31. The minimum absolute atomic E-state index is 0.215. The Kier molecular flexibility index (Phi) is 3.22. The van der Waals surface area contributed by atoms with Gasteiger partial charge in [0.05, 0.1) is 22.7 Å².